The van der Waals surface area contributed by atoms with E-state index < -0.39 is 91.7 Å². The SMILES string of the molecule is O=C(O)[C@H]1CCC(=O)N1CC(=O)N1CC[C@@]2(S(=O)(=O)c3ccc(F)cc3)c3ccc(C(F)(C(F)(F)F)C(F)(F)F)cc3CC[C@@H]12. The number of rotatable bonds is 6. The summed E-state index contributed by atoms with van der Waals surface area (Å²) in [5, 5.41) is 9.46. The molecule has 0 spiro atoms. The standard InChI is InChI=1S/C28H24F8N2O6S/c29-17-3-5-18(6-4-17)45(43,44)25-11-12-37(23(40)14-38-20(24(41)42)8-10-22(38)39)21(25)9-1-15-13-16(2-7-19(15)25)26(30,27(31,32)33)28(34,35)36/h2-7,13,20-21H,1,8-12,14H2,(H,41,42)/t20-,21-,25-/m1/s1. The second kappa shape index (κ2) is 10.7. The van der Waals surface area contributed by atoms with E-state index in [0.717, 1.165) is 34.1 Å². The number of aliphatic carboxylic acids is 1. The summed E-state index contributed by atoms with van der Waals surface area (Å²) in [6, 6.07) is 2.16. The molecule has 2 aromatic rings. The molecule has 1 aliphatic carbocycles. The number of benzene rings is 2. The first kappa shape index (κ1) is 32.6. The minimum absolute atomic E-state index is 0.0601. The number of likely N-dealkylation sites (tertiary alicyclic amines) is 2. The van der Waals surface area contributed by atoms with Gasteiger partial charge in [-0.3, -0.25) is 9.59 Å². The van der Waals surface area contributed by atoms with Crippen LogP contribution in [0.5, 0.6) is 0 Å². The van der Waals surface area contributed by atoms with Gasteiger partial charge in [0.2, 0.25) is 11.8 Å². The van der Waals surface area contributed by atoms with Crippen LogP contribution in [0, 0.1) is 5.82 Å². The summed E-state index contributed by atoms with van der Waals surface area (Å²) in [6.45, 7) is -1.02. The van der Waals surface area contributed by atoms with E-state index in [1.165, 1.54) is 0 Å². The first-order chi connectivity index (χ1) is 20.8. The third kappa shape index (κ3) is 4.84. The van der Waals surface area contributed by atoms with E-state index in [4.69, 9.17) is 0 Å². The van der Waals surface area contributed by atoms with Gasteiger partial charge in [0.15, 0.2) is 9.84 Å². The minimum Gasteiger partial charge on any atom is -0.480 e. The van der Waals surface area contributed by atoms with Crippen LogP contribution in [0.4, 0.5) is 35.1 Å². The molecule has 17 heteroatoms. The Hall–Kier alpha value is -3.76. The first-order valence-electron chi connectivity index (χ1n) is 13.6. The maximum absolute atomic E-state index is 15.0. The summed E-state index contributed by atoms with van der Waals surface area (Å²) in [5.74, 6) is -3.60. The van der Waals surface area contributed by atoms with Crippen molar-refractivity contribution < 1.29 is 63.0 Å². The van der Waals surface area contributed by atoms with E-state index in [2.05, 4.69) is 0 Å². The van der Waals surface area contributed by atoms with E-state index in [1.54, 1.807) is 0 Å². The first-order valence-corrected chi connectivity index (χ1v) is 15.0. The number of carbonyl (C=O) groups excluding carboxylic acids is 2. The molecule has 2 heterocycles. The van der Waals surface area contributed by atoms with Gasteiger partial charge in [-0.15, -0.1) is 0 Å². The quantitative estimate of drug-likeness (QED) is 0.361. The number of amides is 2. The third-order valence-electron chi connectivity index (χ3n) is 8.91. The summed E-state index contributed by atoms with van der Waals surface area (Å²) in [5.41, 5.74) is -8.14. The number of sulfone groups is 1. The Balaban J connectivity index is 1.63. The molecule has 0 bridgehead atoms. The van der Waals surface area contributed by atoms with Gasteiger partial charge in [0.1, 0.15) is 23.2 Å². The molecule has 0 aromatic heterocycles. The van der Waals surface area contributed by atoms with Crippen LogP contribution in [0.25, 0.3) is 0 Å². The van der Waals surface area contributed by atoms with Crippen molar-refractivity contribution in [1.82, 2.24) is 9.80 Å². The number of nitrogens with zero attached hydrogens (tertiary/aromatic N) is 2. The summed E-state index contributed by atoms with van der Waals surface area (Å²) < 4.78 is 136. The number of carbonyl (C=O) groups is 3. The summed E-state index contributed by atoms with van der Waals surface area (Å²) in [4.78, 5) is 39.0. The smallest absolute Gasteiger partial charge is 0.435 e. The van der Waals surface area contributed by atoms with Crippen molar-refractivity contribution in [2.75, 3.05) is 13.1 Å². The molecule has 0 saturated carbocycles. The number of fused-ring (bicyclic) bond motifs is 3. The van der Waals surface area contributed by atoms with Crippen molar-refractivity contribution in [3.8, 4) is 0 Å². The Morgan fingerprint density at radius 2 is 1.56 bits per heavy atom. The fourth-order valence-electron chi connectivity index (χ4n) is 6.78. The highest BCUT2D eigenvalue weighted by atomic mass is 32.2. The average molecular weight is 669 g/mol. The number of halogens is 8. The van der Waals surface area contributed by atoms with Crippen molar-refractivity contribution >= 4 is 27.6 Å². The number of carboxylic acid groups (broad SMARTS) is 1. The lowest BCUT2D eigenvalue weighted by Gasteiger charge is -2.43. The zero-order chi connectivity index (χ0) is 33.3. The molecule has 2 saturated heterocycles. The van der Waals surface area contributed by atoms with Crippen LogP contribution in [0.2, 0.25) is 0 Å². The van der Waals surface area contributed by atoms with Gasteiger partial charge in [0.05, 0.1) is 10.9 Å². The minimum atomic E-state index is -6.41. The Morgan fingerprint density at radius 1 is 0.933 bits per heavy atom. The fourth-order valence-corrected chi connectivity index (χ4v) is 9.14. The normalized spacial score (nSPS) is 24.0. The largest absolute Gasteiger partial charge is 0.480 e. The highest BCUT2D eigenvalue weighted by Gasteiger charge is 2.74. The Kier molecular flexibility index (Phi) is 7.73. The molecule has 3 atom stereocenters. The van der Waals surface area contributed by atoms with Gasteiger partial charge in [0, 0.05) is 18.5 Å². The zero-order valence-corrected chi connectivity index (χ0v) is 23.8. The Bertz CT molecular complexity index is 1650. The highest BCUT2D eigenvalue weighted by Crippen LogP contribution is 2.56. The molecule has 0 unspecified atom stereocenters. The van der Waals surface area contributed by atoms with E-state index in [0.29, 0.717) is 12.1 Å². The van der Waals surface area contributed by atoms with Crippen molar-refractivity contribution in [3.63, 3.8) is 0 Å². The van der Waals surface area contributed by atoms with Crippen molar-refractivity contribution in [2.24, 2.45) is 0 Å². The number of hydrogen-bond acceptors (Lipinski definition) is 5. The van der Waals surface area contributed by atoms with Crippen molar-refractivity contribution in [1.29, 1.82) is 0 Å². The van der Waals surface area contributed by atoms with Gasteiger partial charge in [-0.1, -0.05) is 18.2 Å². The predicted octanol–water partition coefficient (Wildman–Crippen LogP) is 4.41. The van der Waals surface area contributed by atoms with Crippen LogP contribution in [-0.4, -0.2) is 78.6 Å². The molecule has 2 amide bonds. The Morgan fingerprint density at radius 3 is 2.13 bits per heavy atom. The zero-order valence-electron chi connectivity index (χ0n) is 23.0. The van der Waals surface area contributed by atoms with Gasteiger partial charge in [-0.05, 0) is 61.1 Å². The van der Waals surface area contributed by atoms with Crippen LogP contribution in [-0.2, 0) is 41.1 Å². The van der Waals surface area contributed by atoms with Gasteiger partial charge in [0.25, 0.3) is 0 Å². The highest BCUT2D eigenvalue weighted by molar-refractivity contribution is 7.92. The van der Waals surface area contributed by atoms with Gasteiger partial charge >= 0.3 is 24.0 Å². The molecule has 2 aliphatic heterocycles. The van der Waals surface area contributed by atoms with Gasteiger partial charge in [-0.25, -0.2) is 22.0 Å². The molecule has 2 fully saturated rings. The maximum Gasteiger partial charge on any atom is 0.435 e. The van der Waals surface area contributed by atoms with Crippen LogP contribution < -0.4 is 0 Å². The lowest BCUT2D eigenvalue weighted by atomic mass is 9.76. The summed E-state index contributed by atoms with van der Waals surface area (Å²) >= 11 is 0. The van der Waals surface area contributed by atoms with Crippen LogP contribution in [0.1, 0.15) is 42.4 Å². The molecule has 244 valence electrons. The second-order valence-electron chi connectivity index (χ2n) is 11.2. The van der Waals surface area contributed by atoms with Crippen molar-refractivity contribution in [2.45, 2.75) is 71.9 Å². The Labute approximate surface area is 250 Å². The van der Waals surface area contributed by atoms with Gasteiger partial charge in [-0.2, -0.15) is 26.3 Å². The third-order valence-corrected chi connectivity index (χ3v) is 11.5. The van der Waals surface area contributed by atoms with Crippen LogP contribution in [0.15, 0.2) is 47.4 Å². The fraction of sp³-hybridized carbons (Fsp3) is 0.464. The molecule has 45 heavy (non-hydrogen) atoms. The lowest BCUT2D eigenvalue weighted by Crippen LogP contribution is -2.54. The van der Waals surface area contributed by atoms with Gasteiger partial charge < -0.3 is 14.9 Å². The number of hydrogen-bond donors (Lipinski definition) is 1. The monoisotopic (exact) mass is 668 g/mol. The molecule has 2 aromatic carbocycles. The molecule has 3 aliphatic rings. The van der Waals surface area contributed by atoms with Crippen molar-refractivity contribution in [3.05, 3.63) is 65.0 Å². The molecule has 8 nitrogen and oxygen atoms in total. The maximum atomic E-state index is 15.0. The average Bonchev–Trinajstić information content (AvgIpc) is 3.53. The summed E-state index contributed by atoms with van der Waals surface area (Å²) in [6.07, 6.45) is -14.1. The number of alkyl halides is 7. The number of carboxylic acids is 1. The van der Waals surface area contributed by atoms with Crippen LogP contribution >= 0.6 is 0 Å². The predicted molar refractivity (Wildman–Crippen MR) is 137 cm³/mol. The summed E-state index contributed by atoms with van der Waals surface area (Å²) in [7, 11) is -4.70. The van der Waals surface area contributed by atoms with E-state index in [-0.39, 0.29) is 49.4 Å². The topological polar surface area (TPSA) is 112 Å². The molecule has 1 N–H and O–H groups in total. The molecular formula is C28H24F8N2O6S. The van der Waals surface area contributed by atoms with E-state index in [9.17, 15) is 63.0 Å². The number of aryl methyl sites for hydroxylation is 1. The second-order valence-corrected chi connectivity index (χ2v) is 13.4. The van der Waals surface area contributed by atoms with E-state index in [1.807, 2.05) is 0 Å². The molecule has 5 rings (SSSR count). The molecular weight excluding hydrogens is 644 g/mol. The van der Waals surface area contributed by atoms with E-state index >= 15 is 0 Å². The van der Waals surface area contributed by atoms with Crippen LogP contribution in [0.3, 0.4) is 0 Å². The molecule has 0 radical (unpaired) electrons. The lowest BCUT2D eigenvalue weighted by molar-refractivity contribution is -0.348.